The second-order valence-corrected chi connectivity index (χ2v) is 4.41. The van der Waals surface area contributed by atoms with E-state index in [2.05, 4.69) is 0 Å². The van der Waals surface area contributed by atoms with E-state index >= 15 is 0 Å². The summed E-state index contributed by atoms with van der Waals surface area (Å²) < 4.78 is 0.620. The van der Waals surface area contributed by atoms with E-state index in [1.165, 1.54) is 17.4 Å². The lowest BCUT2D eigenvalue weighted by Gasteiger charge is -2.01. The average molecular weight is 247 g/mol. The molecule has 2 rings (SSSR count). The standard InChI is InChI=1S/C9H4Cl2O2S/c10-5-3-6(11)7(9(12)13)8-4(5)1-2-14-8/h1-3H,(H,12,13). The SMILES string of the molecule is O=C(O)c1c(Cl)cc(Cl)c2ccsc12. The molecule has 0 spiro atoms. The Hall–Kier alpha value is -0.770. The third-order valence-corrected chi connectivity index (χ3v) is 3.40. The van der Waals surface area contributed by atoms with Crippen molar-refractivity contribution in [3.63, 3.8) is 0 Å². The second kappa shape index (κ2) is 3.42. The predicted molar refractivity (Wildman–Crippen MR) is 58.8 cm³/mol. The molecular formula is C9H4Cl2O2S. The fourth-order valence-electron chi connectivity index (χ4n) is 1.26. The molecule has 2 nitrogen and oxygen atoms in total. The minimum absolute atomic E-state index is 0.126. The zero-order valence-electron chi connectivity index (χ0n) is 6.75. The van der Waals surface area contributed by atoms with Crippen molar-refractivity contribution < 1.29 is 9.90 Å². The molecule has 0 bridgehead atoms. The molecule has 0 fully saturated rings. The highest BCUT2D eigenvalue weighted by Gasteiger charge is 2.16. The molecule has 0 saturated heterocycles. The largest absolute Gasteiger partial charge is 0.478 e. The van der Waals surface area contributed by atoms with Crippen LogP contribution in [0.15, 0.2) is 17.5 Å². The van der Waals surface area contributed by atoms with Gasteiger partial charge in [0.25, 0.3) is 0 Å². The van der Waals surface area contributed by atoms with Crippen LogP contribution in [0.5, 0.6) is 0 Å². The number of hydrogen-bond donors (Lipinski definition) is 1. The van der Waals surface area contributed by atoms with Gasteiger partial charge < -0.3 is 5.11 Å². The van der Waals surface area contributed by atoms with Crippen LogP contribution in [0.25, 0.3) is 10.1 Å². The van der Waals surface area contributed by atoms with E-state index in [1.54, 1.807) is 11.4 Å². The molecular weight excluding hydrogens is 243 g/mol. The van der Waals surface area contributed by atoms with Gasteiger partial charge in [0, 0.05) is 5.39 Å². The third kappa shape index (κ3) is 1.38. The molecule has 1 aromatic heterocycles. The topological polar surface area (TPSA) is 37.3 Å². The maximum atomic E-state index is 10.9. The van der Waals surface area contributed by atoms with Crippen LogP contribution in [0.2, 0.25) is 10.0 Å². The Labute approximate surface area is 93.7 Å². The van der Waals surface area contributed by atoms with Gasteiger partial charge >= 0.3 is 5.97 Å². The molecule has 1 heterocycles. The number of benzene rings is 1. The summed E-state index contributed by atoms with van der Waals surface area (Å²) in [5.41, 5.74) is 0.126. The fourth-order valence-corrected chi connectivity index (χ4v) is 2.94. The minimum atomic E-state index is -1.03. The van der Waals surface area contributed by atoms with E-state index in [4.69, 9.17) is 28.3 Å². The highest BCUT2D eigenvalue weighted by molar-refractivity contribution is 7.17. The van der Waals surface area contributed by atoms with Crippen molar-refractivity contribution in [2.24, 2.45) is 0 Å². The molecule has 0 atom stereocenters. The first-order chi connectivity index (χ1) is 6.61. The van der Waals surface area contributed by atoms with Crippen molar-refractivity contribution in [1.29, 1.82) is 0 Å². The van der Waals surface area contributed by atoms with Crippen LogP contribution in [0.1, 0.15) is 10.4 Å². The van der Waals surface area contributed by atoms with Gasteiger partial charge in [0.2, 0.25) is 0 Å². The lowest BCUT2D eigenvalue weighted by molar-refractivity contribution is 0.0699. The summed E-state index contributed by atoms with van der Waals surface area (Å²) in [7, 11) is 0. The summed E-state index contributed by atoms with van der Waals surface area (Å²) in [4.78, 5) is 10.9. The van der Waals surface area contributed by atoms with Crippen molar-refractivity contribution in [1.82, 2.24) is 0 Å². The van der Waals surface area contributed by atoms with Crippen molar-refractivity contribution >= 4 is 50.6 Å². The molecule has 5 heteroatoms. The molecule has 1 aromatic carbocycles. The van der Waals surface area contributed by atoms with Crippen LogP contribution in [0.4, 0.5) is 0 Å². The zero-order chi connectivity index (χ0) is 10.3. The maximum absolute atomic E-state index is 10.9. The van der Waals surface area contributed by atoms with Gasteiger partial charge in [-0.2, -0.15) is 0 Å². The first-order valence-electron chi connectivity index (χ1n) is 3.69. The van der Waals surface area contributed by atoms with Gasteiger partial charge in [-0.15, -0.1) is 11.3 Å². The van der Waals surface area contributed by atoms with Gasteiger partial charge in [0.15, 0.2) is 0 Å². The van der Waals surface area contributed by atoms with Gasteiger partial charge in [0.05, 0.1) is 20.3 Å². The number of hydrogen-bond acceptors (Lipinski definition) is 2. The molecule has 0 aliphatic heterocycles. The summed E-state index contributed by atoms with van der Waals surface area (Å²) in [5, 5.41) is 12.1. The summed E-state index contributed by atoms with van der Waals surface area (Å²) in [6.45, 7) is 0. The quantitative estimate of drug-likeness (QED) is 0.829. The van der Waals surface area contributed by atoms with Crippen LogP contribution in [-0.4, -0.2) is 11.1 Å². The molecule has 72 valence electrons. The van der Waals surface area contributed by atoms with Gasteiger partial charge in [-0.3, -0.25) is 0 Å². The van der Waals surface area contributed by atoms with Gasteiger partial charge in [0.1, 0.15) is 0 Å². The number of aromatic carboxylic acids is 1. The third-order valence-electron chi connectivity index (χ3n) is 1.86. The van der Waals surface area contributed by atoms with Crippen LogP contribution in [0.3, 0.4) is 0 Å². The lowest BCUT2D eigenvalue weighted by atomic mass is 10.1. The summed E-state index contributed by atoms with van der Waals surface area (Å²) in [6.07, 6.45) is 0. The average Bonchev–Trinajstić information content (AvgIpc) is 2.51. The molecule has 0 amide bonds. The summed E-state index contributed by atoms with van der Waals surface area (Å²) in [6, 6.07) is 3.24. The second-order valence-electron chi connectivity index (χ2n) is 2.68. The highest BCUT2D eigenvalue weighted by atomic mass is 35.5. The first kappa shape index (κ1) is 9.77. The number of rotatable bonds is 1. The molecule has 0 radical (unpaired) electrons. The van der Waals surface area contributed by atoms with E-state index in [9.17, 15) is 4.79 Å². The minimum Gasteiger partial charge on any atom is -0.478 e. The van der Waals surface area contributed by atoms with E-state index in [1.807, 2.05) is 0 Å². The van der Waals surface area contributed by atoms with Gasteiger partial charge in [-0.1, -0.05) is 23.2 Å². The lowest BCUT2D eigenvalue weighted by Crippen LogP contribution is -1.97. The van der Waals surface area contributed by atoms with Crippen molar-refractivity contribution in [3.8, 4) is 0 Å². The Kier molecular flexibility index (Phi) is 2.39. The van der Waals surface area contributed by atoms with E-state index < -0.39 is 5.97 Å². The summed E-state index contributed by atoms with van der Waals surface area (Å²) in [5.74, 6) is -1.03. The Morgan fingerprint density at radius 2 is 2.07 bits per heavy atom. The van der Waals surface area contributed by atoms with Crippen molar-refractivity contribution in [2.45, 2.75) is 0 Å². The van der Waals surface area contributed by atoms with Crippen LogP contribution < -0.4 is 0 Å². The van der Waals surface area contributed by atoms with Gasteiger partial charge in [-0.05, 0) is 17.5 Å². The van der Waals surface area contributed by atoms with Crippen LogP contribution in [0, 0.1) is 0 Å². The number of fused-ring (bicyclic) bond motifs is 1. The highest BCUT2D eigenvalue weighted by Crippen LogP contribution is 2.35. The Morgan fingerprint density at radius 1 is 1.36 bits per heavy atom. The van der Waals surface area contributed by atoms with E-state index in [0.29, 0.717) is 9.72 Å². The number of carbonyl (C=O) groups is 1. The molecule has 0 aliphatic rings. The smallest absolute Gasteiger partial charge is 0.338 e. The molecule has 0 aliphatic carbocycles. The number of carboxylic acids is 1. The Bertz CT molecular complexity index is 519. The first-order valence-corrected chi connectivity index (χ1v) is 5.33. The predicted octanol–water partition coefficient (Wildman–Crippen LogP) is 3.91. The molecule has 1 N–H and O–H groups in total. The molecule has 0 unspecified atom stereocenters. The van der Waals surface area contributed by atoms with Gasteiger partial charge in [-0.25, -0.2) is 4.79 Å². The zero-order valence-corrected chi connectivity index (χ0v) is 9.08. The van der Waals surface area contributed by atoms with Crippen LogP contribution in [-0.2, 0) is 0 Å². The summed E-state index contributed by atoms with van der Waals surface area (Å²) >= 11 is 13.0. The number of thiophene rings is 1. The van der Waals surface area contributed by atoms with E-state index in [0.717, 1.165) is 5.39 Å². The monoisotopic (exact) mass is 246 g/mol. The Morgan fingerprint density at radius 3 is 2.71 bits per heavy atom. The Balaban J connectivity index is 2.93. The number of carboxylic acid groups (broad SMARTS) is 1. The molecule has 2 aromatic rings. The van der Waals surface area contributed by atoms with E-state index in [-0.39, 0.29) is 10.6 Å². The maximum Gasteiger partial charge on any atom is 0.338 e. The van der Waals surface area contributed by atoms with Crippen molar-refractivity contribution in [3.05, 3.63) is 33.1 Å². The fraction of sp³-hybridized carbons (Fsp3) is 0. The number of halogens is 2. The van der Waals surface area contributed by atoms with Crippen molar-refractivity contribution in [2.75, 3.05) is 0 Å². The molecule has 14 heavy (non-hydrogen) atoms. The van der Waals surface area contributed by atoms with Crippen LogP contribution >= 0.6 is 34.5 Å². The normalized spacial score (nSPS) is 10.7. The molecule has 0 saturated carbocycles.